The zero-order valence-corrected chi connectivity index (χ0v) is 12.1. The molecule has 1 aliphatic carbocycles. The van der Waals surface area contributed by atoms with E-state index in [0.717, 1.165) is 18.8 Å². The van der Waals surface area contributed by atoms with Crippen LogP contribution in [-0.4, -0.2) is 12.6 Å². The molecule has 0 saturated carbocycles. The zero-order valence-electron chi connectivity index (χ0n) is 12.1. The summed E-state index contributed by atoms with van der Waals surface area (Å²) in [5.41, 5.74) is 1.58. The third kappa shape index (κ3) is 5.07. The van der Waals surface area contributed by atoms with Crippen LogP contribution in [0, 0.1) is 17.8 Å². The van der Waals surface area contributed by atoms with Gasteiger partial charge in [0.05, 0.1) is 6.61 Å². The second kappa shape index (κ2) is 7.40. The van der Waals surface area contributed by atoms with E-state index >= 15 is 0 Å². The fourth-order valence-corrected chi connectivity index (χ4v) is 2.54. The van der Waals surface area contributed by atoms with Crippen LogP contribution in [0.15, 0.2) is 23.8 Å². The lowest BCUT2D eigenvalue weighted by molar-refractivity contribution is -0.137. The van der Waals surface area contributed by atoms with Gasteiger partial charge in [0, 0.05) is 6.08 Å². The van der Waals surface area contributed by atoms with Gasteiger partial charge in [0.15, 0.2) is 0 Å². The Hall–Kier alpha value is -1.05. The predicted molar refractivity (Wildman–Crippen MR) is 75.2 cm³/mol. The molecule has 0 heterocycles. The molecule has 0 fully saturated rings. The van der Waals surface area contributed by atoms with Crippen molar-refractivity contribution in [1.82, 2.24) is 0 Å². The minimum Gasteiger partial charge on any atom is -0.463 e. The normalized spacial score (nSPS) is 24.4. The largest absolute Gasteiger partial charge is 0.463 e. The lowest BCUT2D eigenvalue weighted by Crippen LogP contribution is -2.15. The van der Waals surface area contributed by atoms with Crippen LogP contribution in [0.4, 0.5) is 0 Å². The van der Waals surface area contributed by atoms with E-state index in [1.165, 1.54) is 6.42 Å². The van der Waals surface area contributed by atoms with E-state index in [-0.39, 0.29) is 5.97 Å². The van der Waals surface area contributed by atoms with Gasteiger partial charge in [0.25, 0.3) is 0 Å². The highest BCUT2D eigenvalue weighted by molar-refractivity contribution is 5.81. The standard InChI is InChI=1S/C16H26O2/c1-5-18-16(17)9-8-15-7-6-14(10-12(2)3)11-13(15)4/h6,8-9,12-13,15H,5,7,10-11H2,1-4H3/t13-,15?/m1/s1. The quantitative estimate of drug-likeness (QED) is 0.417. The Labute approximate surface area is 111 Å². The van der Waals surface area contributed by atoms with Gasteiger partial charge in [-0.2, -0.15) is 0 Å². The molecule has 0 aromatic heterocycles. The van der Waals surface area contributed by atoms with Crippen LogP contribution >= 0.6 is 0 Å². The van der Waals surface area contributed by atoms with Crippen molar-refractivity contribution in [3.05, 3.63) is 23.8 Å². The van der Waals surface area contributed by atoms with Gasteiger partial charge in [-0.25, -0.2) is 4.79 Å². The molecule has 1 unspecified atom stereocenters. The maximum absolute atomic E-state index is 11.3. The molecule has 0 aromatic rings. The summed E-state index contributed by atoms with van der Waals surface area (Å²) < 4.78 is 4.90. The first-order valence-electron chi connectivity index (χ1n) is 7.05. The van der Waals surface area contributed by atoms with Gasteiger partial charge in [-0.05, 0) is 43.9 Å². The number of carbonyl (C=O) groups excluding carboxylic acids is 1. The topological polar surface area (TPSA) is 26.3 Å². The van der Waals surface area contributed by atoms with Gasteiger partial charge in [0.2, 0.25) is 0 Å². The number of ether oxygens (including phenoxy) is 1. The van der Waals surface area contributed by atoms with Crippen LogP contribution in [-0.2, 0) is 9.53 Å². The Kier molecular flexibility index (Phi) is 6.17. The average Bonchev–Trinajstić information content (AvgIpc) is 2.27. The Morgan fingerprint density at radius 1 is 1.56 bits per heavy atom. The third-order valence-corrected chi connectivity index (χ3v) is 3.43. The van der Waals surface area contributed by atoms with Crippen molar-refractivity contribution in [2.24, 2.45) is 17.8 Å². The first-order chi connectivity index (χ1) is 8.52. The van der Waals surface area contributed by atoms with Gasteiger partial charge in [0.1, 0.15) is 0 Å². The Bertz CT molecular complexity index is 326. The predicted octanol–water partition coefficient (Wildman–Crippen LogP) is 4.12. The summed E-state index contributed by atoms with van der Waals surface area (Å²) in [6, 6.07) is 0. The van der Waals surface area contributed by atoms with Gasteiger partial charge in [-0.1, -0.05) is 38.5 Å². The molecule has 102 valence electrons. The maximum atomic E-state index is 11.3. The van der Waals surface area contributed by atoms with Crippen molar-refractivity contribution in [2.45, 2.75) is 47.0 Å². The van der Waals surface area contributed by atoms with E-state index in [4.69, 9.17) is 4.74 Å². The fraction of sp³-hybridized carbons (Fsp3) is 0.688. The summed E-state index contributed by atoms with van der Waals surface area (Å²) in [6.07, 6.45) is 9.39. The number of hydrogen-bond donors (Lipinski definition) is 0. The summed E-state index contributed by atoms with van der Waals surface area (Å²) in [6.45, 7) is 9.07. The number of esters is 1. The van der Waals surface area contributed by atoms with Crippen LogP contribution < -0.4 is 0 Å². The highest BCUT2D eigenvalue weighted by Gasteiger charge is 2.20. The van der Waals surface area contributed by atoms with Gasteiger partial charge < -0.3 is 4.74 Å². The molecule has 2 heteroatoms. The van der Waals surface area contributed by atoms with Crippen molar-refractivity contribution in [1.29, 1.82) is 0 Å². The zero-order chi connectivity index (χ0) is 13.5. The lowest BCUT2D eigenvalue weighted by atomic mass is 9.78. The van der Waals surface area contributed by atoms with Crippen molar-refractivity contribution in [3.63, 3.8) is 0 Å². The van der Waals surface area contributed by atoms with Crippen LogP contribution in [0.3, 0.4) is 0 Å². The summed E-state index contributed by atoms with van der Waals surface area (Å²) in [5.74, 6) is 1.61. The number of hydrogen-bond acceptors (Lipinski definition) is 2. The van der Waals surface area contributed by atoms with Crippen molar-refractivity contribution in [2.75, 3.05) is 6.61 Å². The number of rotatable bonds is 5. The molecular formula is C16H26O2. The monoisotopic (exact) mass is 250 g/mol. The minimum atomic E-state index is -0.221. The summed E-state index contributed by atoms with van der Waals surface area (Å²) in [7, 11) is 0. The first-order valence-corrected chi connectivity index (χ1v) is 7.05. The molecule has 0 spiro atoms. The van der Waals surface area contributed by atoms with E-state index in [2.05, 4.69) is 26.8 Å². The molecular weight excluding hydrogens is 224 g/mol. The van der Waals surface area contributed by atoms with Gasteiger partial charge in [-0.15, -0.1) is 0 Å². The molecule has 0 N–H and O–H groups in total. The molecule has 2 nitrogen and oxygen atoms in total. The van der Waals surface area contributed by atoms with Gasteiger partial charge >= 0.3 is 5.97 Å². The molecule has 1 aliphatic rings. The van der Waals surface area contributed by atoms with E-state index < -0.39 is 0 Å². The smallest absolute Gasteiger partial charge is 0.330 e. The SMILES string of the molecule is CCOC(=O)C=CC1CC=C(CC(C)C)C[C@H]1C. The highest BCUT2D eigenvalue weighted by atomic mass is 16.5. The number of allylic oxidation sites excluding steroid dienone is 3. The summed E-state index contributed by atoms with van der Waals surface area (Å²) in [5, 5.41) is 0. The second-order valence-corrected chi connectivity index (χ2v) is 5.65. The Morgan fingerprint density at radius 2 is 2.28 bits per heavy atom. The van der Waals surface area contributed by atoms with Crippen molar-refractivity contribution < 1.29 is 9.53 Å². The van der Waals surface area contributed by atoms with E-state index in [1.54, 1.807) is 11.6 Å². The van der Waals surface area contributed by atoms with Crippen molar-refractivity contribution in [3.8, 4) is 0 Å². The first kappa shape index (κ1) is 15.0. The van der Waals surface area contributed by atoms with E-state index in [1.807, 2.05) is 13.0 Å². The summed E-state index contributed by atoms with van der Waals surface area (Å²) in [4.78, 5) is 11.3. The molecule has 0 bridgehead atoms. The van der Waals surface area contributed by atoms with Crippen LogP contribution in [0.25, 0.3) is 0 Å². The number of carbonyl (C=O) groups is 1. The summed E-state index contributed by atoms with van der Waals surface area (Å²) >= 11 is 0. The van der Waals surface area contributed by atoms with E-state index in [9.17, 15) is 4.79 Å². The molecule has 2 atom stereocenters. The molecule has 0 aliphatic heterocycles. The second-order valence-electron chi connectivity index (χ2n) is 5.65. The molecule has 18 heavy (non-hydrogen) atoms. The van der Waals surface area contributed by atoms with Crippen LogP contribution in [0.1, 0.15) is 47.0 Å². The molecule has 0 radical (unpaired) electrons. The maximum Gasteiger partial charge on any atom is 0.330 e. The van der Waals surface area contributed by atoms with Crippen molar-refractivity contribution >= 4 is 5.97 Å². The fourth-order valence-electron chi connectivity index (χ4n) is 2.54. The average molecular weight is 250 g/mol. The van der Waals surface area contributed by atoms with Crippen LogP contribution in [0.2, 0.25) is 0 Å². The minimum absolute atomic E-state index is 0.221. The van der Waals surface area contributed by atoms with Crippen LogP contribution in [0.5, 0.6) is 0 Å². The molecule has 0 aromatic carbocycles. The van der Waals surface area contributed by atoms with E-state index in [0.29, 0.717) is 18.4 Å². The Morgan fingerprint density at radius 3 is 2.83 bits per heavy atom. The Balaban J connectivity index is 2.51. The molecule has 0 saturated heterocycles. The molecule has 0 amide bonds. The van der Waals surface area contributed by atoms with Gasteiger partial charge in [-0.3, -0.25) is 0 Å². The molecule has 1 rings (SSSR count). The highest BCUT2D eigenvalue weighted by Crippen LogP contribution is 2.33. The third-order valence-electron chi connectivity index (χ3n) is 3.43. The lowest BCUT2D eigenvalue weighted by Gasteiger charge is -2.27.